The monoisotopic (exact) mass is 251 g/mol. The average Bonchev–Trinajstić information content (AvgIpc) is 2.91. The van der Waals surface area contributed by atoms with Gasteiger partial charge in [0.2, 0.25) is 5.95 Å². The van der Waals surface area contributed by atoms with Gasteiger partial charge in [-0.25, -0.2) is 9.97 Å². The minimum absolute atomic E-state index is 0.154. The molecule has 3 heterocycles. The Hall–Kier alpha value is -1.77. The van der Waals surface area contributed by atoms with E-state index in [0.717, 1.165) is 0 Å². The Balaban J connectivity index is 1.98. The summed E-state index contributed by atoms with van der Waals surface area (Å²) in [4.78, 5) is 12.1. The molecule has 0 unspecified atom stereocenters. The Bertz CT molecular complexity index is 572. The normalized spacial score (nSPS) is 28.0. The number of rotatable bonds is 2. The first kappa shape index (κ1) is 11.3. The summed E-state index contributed by atoms with van der Waals surface area (Å²) in [5, 5.41) is 18.8. The van der Waals surface area contributed by atoms with Gasteiger partial charge in [0, 0.05) is 6.42 Å². The number of ether oxygens (including phenoxy) is 1. The summed E-state index contributed by atoms with van der Waals surface area (Å²) in [5.74, 6) is 0.154. The van der Waals surface area contributed by atoms with Crippen molar-refractivity contribution in [1.29, 1.82) is 0 Å². The second kappa shape index (κ2) is 4.16. The van der Waals surface area contributed by atoms with Gasteiger partial charge in [-0.05, 0) is 0 Å². The fraction of sp³-hybridized carbons (Fsp3) is 0.500. The topological polar surface area (TPSA) is 119 Å². The molecule has 0 bridgehead atoms. The Morgan fingerprint density at radius 3 is 3.06 bits per heavy atom. The van der Waals surface area contributed by atoms with Crippen LogP contribution < -0.4 is 5.73 Å². The molecule has 0 amide bonds. The molecular formula is C10H13N5O3. The van der Waals surface area contributed by atoms with E-state index in [0.29, 0.717) is 17.6 Å². The lowest BCUT2D eigenvalue weighted by atomic mass is 10.2. The lowest BCUT2D eigenvalue weighted by Crippen LogP contribution is -2.24. The highest BCUT2D eigenvalue weighted by Crippen LogP contribution is 2.30. The predicted molar refractivity (Wildman–Crippen MR) is 61.4 cm³/mol. The lowest BCUT2D eigenvalue weighted by Gasteiger charge is -2.13. The minimum atomic E-state index is -0.698. The summed E-state index contributed by atoms with van der Waals surface area (Å²) in [6.07, 6.45) is 1.79. The molecule has 3 atom stereocenters. The number of aromatic nitrogens is 4. The standard InChI is InChI=1S/C10H13N5O3/c11-10-12-2-5-9(14-10)15(4-13-5)8-1-6(17)7(3-16)18-8/h2,4,6-8,16-17H,1,3H2,(H2,11,12,14)/t6-,7+,8+/m0/s1. The van der Waals surface area contributed by atoms with E-state index in [9.17, 15) is 5.11 Å². The van der Waals surface area contributed by atoms with Crippen molar-refractivity contribution in [1.82, 2.24) is 19.5 Å². The van der Waals surface area contributed by atoms with Gasteiger partial charge in [-0.1, -0.05) is 0 Å². The van der Waals surface area contributed by atoms with E-state index in [1.807, 2.05) is 0 Å². The van der Waals surface area contributed by atoms with Crippen LogP contribution in [0.4, 0.5) is 5.95 Å². The van der Waals surface area contributed by atoms with Crippen LogP contribution in [-0.2, 0) is 4.74 Å². The first-order valence-electron chi connectivity index (χ1n) is 5.58. The fourth-order valence-electron chi connectivity index (χ4n) is 2.10. The first-order chi connectivity index (χ1) is 8.69. The number of hydrogen-bond donors (Lipinski definition) is 3. The number of nitrogens with zero attached hydrogens (tertiary/aromatic N) is 4. The molecule has 0 spiro atoms. The lowest BCUT2D eigenvalue weighted by molar-refractivity contribution is -0.0432. The largest absolute Gasteiger partial charge is 0.394 e. The Labute approximate surface area is 102 Å². The SMILES string of the molecule is Nc1ncc2ncn([C@H]3C[C@H](O)[C@@H](CO)O3)c2n1. The quantitative estimate of drug-likeness (QED) is 0.629. The molecule has 4 N–H and O–H groups in total. The van der Waals surface area contributed by atoms with Gasteiger partial charge in [0.1, 0.15) is 17.8 Å². The molecule has 8 nitrogen and oxygen atoms in total. The van der Waals surface area contributed by atoms with E-state index in [1.54, 1.807) is 10.9 Å². The summed E-state index contributed by atoms with van der Waals surface area (Å²) in [6, 6.07) is 0. The molecule has 96 valence electrons. The van der Waals surface area contributed by atoms with Gasteiger partial charge in [0.05, 0.1) is 25.2 Å². The molecule has 1 aliphatic heterocycles. The first-order valence-corrected chi connectivity index (χ1v) is 5.58. The molecule has 0 aromatic carbocycles. The molecule has 0 aliphatic carbocycles. The number of hydrogen-bond acceptors (Lipinski definition) is 7. The number of imidazole rings is 1. The Kier molecular flexibility index (Phi) is 2.62. The van der Waals surface area contributed by atoms with Crippen molar-refractivity contribution in [2.45, 2.75) is 24.9 Å². The number of nitrogens with two attached hydrogens (primary N) is 1. The molecular weight excluding hydrogens is 238 g/mol. The summed E-state index contributed by atoms with van der Waals surface area (Å²) in [7, 11) is 0. The minimum Gasteiger partial charge on any atom is -0.394 e. The molecule has 1 fully saturated rings. The molecule has 8 heteroatoms. The van der Waals surface area contributed by atoms with Crippen molar-refractivity contribution in [3.8, 4) is 0 Å². The number of fused-ring (bicyclic) bond motifs is 1. The highest BCUT2D eigenvalue weighted by Gasteiger charge is 2.35. The van der Waals surface area contributed by atoms with Gasteiger partial charge in [0.15, 0.2) is 5.65 Å². The van der Waals surface area contributed by atoms with Crippen LogP contribution in [0.2, 0.25) is 0 Å². The van der Waals surface area contributed by atoms with Gasteiger partial charge < -0.3 is 20.7 Å². The summed E-state index contributed by atoms with van der Waals surface area (Å²) < 4.78 is 7.22. The predicted octanol–water partition coefficient (Wildman–Crippen LogP) is -0.951. The average molecular weight is 251 g/mol. The van der Waals surface area contributed by atoms with Crippen LogP contribution in [0.3, 0.4) is 0 Å². The summed E-state index contributed by atoms with van der Waals surface area (Å²) in [5.41, 5.74) is 6.70. The van der Waals surface area contributed by atoms with Gasteiger partial charge >= 0.3 is 0 Å². The number of nitrogen functional groups attached to an aromatic ring is 1. The maximum Gasteiger partial charge on any atom is 0.222 e. The van der Waals surface area contributed by atoms with Crippen molar-refractivity contribution >= 4 is 17.1 Å². The van der Waals surface area contributed by atoms with E-state index < -0.39 is 18.4 Å². The molecule has 18 heavy (non-hydrogen) atoms. The maximum atomic E-state index is 9.71. The van der Waals surface area contributed by atoms with Crippen LogP contribution in [0.5, 0.6) is 0 Å². The Morgan fingerprint density at radius 2 is 2.33 bits per heavy atom. The van der Waals surface area contributed by atoms with Crippen LogP contribution in [0.25, 0.3) is 11.2 Å². The van der Waals surface area contributed by atoms with Gasteiger partial charge in [-0.15, -0.1) is 0 Å². The molecule has 2 aromatic heterocycles. The van der Waals surface area contributed by atoms with Crippen LogP contribution >= 0.6 is 0 Å². The summed E-state index contributed by atoms with van der Waals surface area (Å²) in [6.45, 7) is -0.221. The third kappa shape index (κ3) is 1.70. The second-order valence-electron chi connectivity index (χ2n) is 4.20. The smallest absolute Gasteiger partial charge is 0.222 e. The van der Waals surface area contributed by atoms with Crippen LogP contribution in [0, 0.1) is 0 Å². The molecule has 3 rings (SSSR count). The van der Waals surface area contributed by atoms with Crippen LogP contribution in [0.15, 0.2) is 12.5 Å². The maximum absolute atomic E-state index is 9.71. The van der Waals surface area contributed by atoms with Crippen molar-refractivity contribution < 1.29 is 14.9 Å². The number of anilines is 1. The molecule has 2 aromatic rings. The van der Waals surface area contributed by atoms with E-state index in [-0.39, 0.29) is 12.6 Å². The zero-order chi connectivity index (χ0) is 12.7. The molecule has 0 radical (unpaired) electrons. The summed E-state index contributed by atoms with van der Waals surface area (Å²) >= 11 is 0. The third-order valence-electron chi connectivity index (χ3n) is 3.03. The van der Waals surface area contributed by atoms with Gasteiger partial charge in [-0.3, -0.25) is 4.57 Å². The molecule has 1 aliphatic rings. The molecule has 0 saturated carbocycles. The molecule has 1 saturated heterocycles. The fourth-order valence-corrected chi connectivity index (χ4v) is 2.10. The van der Waals surface area contributed by atoms with Crippen molar-refractivity contribution in [2.75, 3.05) is 12.3 Å². The zero-order valence-corrected chi connectivity index (χ0v) is 9.47. The van der Waals surface area contributed by atoms with Gasteiger partial charge in [-0.2, -0.15) is 4.98 Å². The van der Waals surface area contributed by atoms with E-state index in [2.05, 4.69) is 15.0 Å². The van der Waals surface area contributed by atoms with Crippen molar-refractivity contribution in [3.63, 3.8) is 0 Å². The number of aliphatic hydroxyl groups excluding tert-OH is 2. The van der Waals surface area contributed by atoms with Crippen molar-refractivity contribution in [2.24, 2.45) is 0 Å². The van der Waals surface area contributed by atoms with Crippen LogP contribution in [0.1, 0.15) is 12.6 Å². The third-order valence-corrected chi connectivity index (χ3v) is 3.03. The van der Waals surface area contributed by atoms with E-state index in [1.165, 1.54) is 6.20 Å². The zero-order valence-electron chi connectivity index (χ0n) is 9.47. The highest BCUT2D eigenvalue weighted by molar-refractivity contribution is 5.70. The number of aliphatic hydroxyl groups is 2. The van der Waals surface area contributed by atoms with E-state index in [4.69, 9.17) is 15.6 Å². The van der Waals surface area contributed by atoms with E-state index >= 15 is 0 Å². The second-order valence-corrected chi connectivity index (χ2v) is 4.20. The highest BCUT2D eigenvalue weighted by atomic mass is 16.5. The van der Waals surface area contributed by atoms with Gasteiger partial charge in [0.25, 0.3) is 0 Å². The van der Waals surface area contributed by atoms with Crippen molar-refractivity contribution in [3.05, 3.63) is 12.5 Å². The Morgan fingerprint density at radius 1 is 1.50 bits per heavy atom. The van der Waals surface area contributed by atoms with Crippen LogP contribution in [-0.4, -0.2) is 48.5 Å².